The Hall–Kier alpha value is -1.86. The summed E-state index contributed by atoms with van der Waals surface area (Å²) in [7, 11) is 0. The Morgan fingerprint density at radius 2 is 2.15 bits per heavy atom. The van der Waals surface area contributed by atoms with E-state index in [0.717, 1.165) is 5.56 Å². The van der Waals surface area contributed by atoms with E-state index >= 15 is 0 Å². The number of carboxylic acids is 1. The van der Waals surface area contributed by atoms with Crippen LogP contribution >= 0.6 is 11.8 Å². The summed E-state index contributed by atoms with van der Waals surface area (Å²) in [6.07, 6.45) is 3.94. The van der Waals surface area contributed by atoms with Gasteiger partial charge in [-0.3, -0.25) is 4.79 Å². The number of carbonyl (C=O) groups is 1. The fourth-order valence-corrected chi connectivity index (χ4v) is 2.15. The summed E-state index contributed by atoms with van der Waals surface area (Å²) in [6, 6.07) is 7.24. The van der Waals surface area contributed by atoms with Crippen molar-refractivity contribution in [3.05, 3.63) is 41.7 Å². The predicted molar refractivity (Wildman–Crippen MR) is 76.7 cm³/mol. The van der Waals surface area contributed by atoms with Crippen LogP contribution in [0.4, 0.5) is 0 Å². The number of thioether (sulfide) groups is 1. The van der Waals surface area contributed by atoms with Gasteiger partial charge in [0, 0.05) is 17.5 Å². The molecule has 0 spiro atoms. The van der Waals surface area contributed by atoms with Crippen molar-refractivity contribution >= 4 is 17.7 Å². The molecule has 2 rings (SSSR count). The van der Waals surface area contributed by atoms with E-state index in [-0.39, 0.29) is 6.42 Å². The van der Waals surface area contributed by atoms with Crippen molar-refractivity contribution in [2.24, 2.45) is 5.73 Å². The number of aliphatic carboxylic acids is 1. The van der Waals surface area contributed by atoms with Gasteiger partial charge < -0.3 is 10.8 Å². The molecule has 0 aliphatic carbocycles. The highest BCUT2D eigenvalue weighted by Crippen LogP contribution is 2.15. The normalized spacial score (nSPS) is 12.3. The fraction of sp³-hybridized carbons (Fsp3) is 0.308. The summed E-state index contributed by atoms with van der Waals surface area (Å²) in [5.41, 5.74) is 7.16. The standard InChI is InChI=1S/C13H16N4O2S/c1-20-11-4-2-9(3-5-11)7-17-8-10(15-16-17)6-12(14)13(18)19/h2-5,8,12H,6-7,14H2,1H3,(H,18,19). The number of carboxylic acid groups (broad SMARTS) is 1. The summed E-state index contributed by atoms with van der Waals surface area (Å²) in [5.74, 6) is -1.03. The first-order chi connectivity index (χ1) is 9.58. The van der Waals surface area contributed by atoms with Crippen molar-refractivity contribution in [1.82, 2.24) is 15.0 Å². The molecule has 0 aliphatic rings. The largest absolute Gasteiger partial charge is 0.480 e. The molecular formula is C13H16N4O2S. The number of aromatic nitrogens is 3. The van der Waals surface area contributed by atoms with Crippen LogP contribution in [0.25, 0.3) is 0 Å². The van der Waals surface area contributed by atoms with Crippen molar-refractivity contribution < 1.29 is 9.90 Å². The molecule has 0 aliphatic heterocycles. The quantitative estimate of drug-likeness (QED) is 0.771. The van der Waals surface area contributed by atoms with E-state index in [0.29, 0.717) is 12.2 Å². The lowest BCUT2D eigenvalue weighted by Crippen LogP contribution is -2.32. The monoisotopic (exact) mass is 292 g/mol. The number of nitrogens with zero attached hydrogens (tertiary/aromatic N) is 3. The maximum absolute atomic E-state index is 10.7. The minimum absolute atomic E-state index is 0.181. The summed E-state index contributed by atoms with van der Waals surface area (Å²) in [5, 5.41) is 16.7. The second-order valence-electron chi connectivity index (χ2n) is 4.40. The summed E-state index contributed by atoms with van der Waals surface area (Å²) >= 11 is 1.69. The van der Waals surface area contributed by atoms with Crippen LogP contribution in [0.2, 0.25) is 0 Å². The molecule has 106 valence electrons. The van der Waals surface area contributed by atoms with Crippen molar-refractivity contribution in [2.75, 3.05) is 6.26 Å². The fourth-order valence-electron chi connectivity index (χ4n) is 1.74. The Morgan fingerprint density at radius 3 is 2.75 bits per heavy atom. The number of hydrogen-bond acceptors (Lipinski definition) is 5. The maximum atomic E-state index is 10.7. The molecule has 20 heavy (non-hydrogen) atoms. The molecular weight excluding hydrogens is 276 g/mol. The van der Waals surface area contributed by atoms with Gasteiger partial charge in [-0.25, -0.2) is 4.68 Å². The van der Waals surface area contributed by atoms with Crippen LogP contribution < -0.4 is 5.73 Å². The van der Waals surface area contributed by atoms with Crippen LogP contribution in [-0.4, -0.2) is 38.4 Å². The Kier molecular flexibility index (Phi) is 4.75. The zero-order chi connectivity index (χ0) is 14.5. The Balaban J connectivity index is 1.99. The maximum Gasteiger partial charge on any atom is 0.320 e. The van der Waals surface area contributed by atoms with Crippen LogP contribution in [0, 0.1) is 0 Å². The molecule has 1 aromatic carbocycles. The van der Waals surface area contributed by atoms with E-state index in [4.69, 9.17) is 10.8 Å². The van der Waals surface area contributed by atoms with Gasteiger partial charge >= 0.3 is 5.97 Å². The molecule has 0 radical (unpaired) electrons. The Labute approximate surface area is 121 Å². The van der Waals surface area contributed by atoms with Crippen molar-refractivity contribution in [1.29, 1.82) is 0 Å². The first-order valence-corrected chi connectivity index (χ1v) is 7.31. The minimum atomic E-state index is -1.03. The highest BCUT2D eigenvalue weighted by atomic mass is 32.2. The van der Waals surface area contributed by atoms with Crippen molar-refractivity contribution in [3.63, 3.8) is 0 Å². The number of benzene rings is 1. The van der Waals surface area contributed by atoms with Gasteiger partial charge in [-0.15, -0.1) is 16.9 Å². The Bertz CT molecular complexity index is 582. The molecule has 3 N–H and O–H groups in total. The van der Waals surface area contributed by atoms with E-state index < -0.39 is 12.0 Å². The first-order valence-electron chi connectivity index (χ1n) is 6.09. The van der Waals surface area contributed by atoms with Crippen LogP contribution in [0.5, 0.6) is 0 Å². The summed E-state index contributed by atoms with van der Waals surface area (Å²) < 4.78 is 1.68. The van der Waals surface area contributed by atoms with E-state index in [1.807, 2.05) is 18.4 Å². The van der Waals surface area contributed by atoms with Gasteiger partial charge in [0.15, 0.2) is 0 Å². The zero-order valence-corrected chi connectivity index (χ0v) is 11.9. The van der Waals surface area contributed by atoms with Crippen LogP contribution in [-0.2, 0) is 17.8 Å². The average Bonchev–Trinajstić information content (AvgIpc) is 2.86. The van der Waals surface area contributed by atoms with Crippen LogP contribution in [0.1, 0.15) is 11.3 Å². The lowest BCUT2D eigenvalue weighted by atomic mass is 10.2. The molecule has 2 aromatic rings. The smallest absolute Gasteiger partial charge is 0.320 e. The molecule has 0 amide bonds. The third-order valence-electron chi connectivity index (χ3n) is 2.84. The molecule has 0 bridgehead atoms. The third-order valence-corrected chi connectivity index (χ3v) is 3.58. The number of hydrogen-bond donors (Lipinski definition) is 2. The molecule has 0 fully saturated rings. The molecule has 1 unspecified atom stereocenters. The topological polar surface area (TPSA) is 94.0 Å². The molecule has 1 atom stereocenters. The van der Waals surface area contributed by atoms with Gasteiger partial charge in [-0.1, -0.05) is 17.3 Å². The van der Waals surface area contributed by atoms with Crippen molar-refractivity contribution in [3.8, 4) is 0 Å². The van der Waals surface area contributed by atoms with Crippen molar-refractivity contribution in [2.45, 2.75) is 23.9 Å². The minimum Gasteiger partial charge on any atom is -0.480 e. The molecule has 6 nitrogen and oxygen atoms in total. The average molecular weight is 292 g/mol. The predicted octanol–water partition coefficient (Wildman–Crippen LogP) is 1.00. The second-order valence-corrected chi connectivity index (χ2v) is 5.28. The van der Waals surface area contributed by atoms with Crippen LogP contribution in [0.3, 0.4) is 0 Å². The number of rotatable bonds is 6. The lowest BCUT2D eigenvalue weighted by Gasteiger charge is -2.03. The lowest BCUT2D eigenvalue weighted by molar-refractivity contribution is -0.138. The third kappa shape index (κ3) is 3.82. The van der Waals surface area contributed by atoms with Gasteiger partial charge in [-0.05, 0) is 24.0 Å². The van der Waals surface area contributed by atoms with Gasteiger partial charge in [-0.2, -0.15) is 0 Å². The summed E-state index contributed by atoms with van der Waals surface area (Å²) in [4.78, 5) is 11.9. The van der Waals surface area contributed by atoms with E-state index in [1.54, 1.807) is 22.6 Å². The van der Waals surface area contributed by atoms with E-state index in [1.165, 1.54) is 4.90 Å². The zero-order valence-electron chi connectivity index (χ0n) is 11.1. The Morgan fingerprint density at radius 1 is 1.45 bits per heavy atom. The highest BCUT2D eigenvalue weighted by Gasteiger charge is 2.14. The molecule has 1 aromatic heterocycles. The molecule has 0 saturated carbocycles. The molecule has 1 heterocycles. The second kappa shape index (κ2) is 6.53. The molecule has 7 heteroatoms. The highest BCUT2D eigenvalue weighted by molar-refractivity contribution is 7.98. The number of nitrogens with two attached hydrogens (primary N) is 1. The first kappa shape index (κ1) is 14.5. The van der Waals surface area contributed by atoms with Gasteiger partial charge in [0.05, 0.1) is 12.2 Å². The van der Waals surface area contributed by atoms with Gasteiger partial charge in [0.2, 0.25) is 0 Å². The van der Waals surface area contributed by atoms with Crippen LogP contribution in [0.15, 0.2) is 35.4 Å². The van der Waals surface area contributed by atoms with Gasteiger partial charge in [0.25, 0.3) is 0 Å². The van der Waals surface area contributed by atoms with E-state index in [2.05, 4.69) is 22.4 Å². The summed E-state index contributed by atoms with van der Waals surface area (Å²) in [6.45, 7) is 0.601. The molecule has 0 saturated heterocycles. The van der Waals surface area contributed by atoms with Gasteiger partial charge in [0.1, 0.15) is 6.04 Å². The van der Waals surface area contributed by atoms with E-state index in [9.17, 15) is 4.79 Å². The SMILES string of the molecule is CSc1ccc(Cn2cc(CC(N)C(=O)O)nn2)cc1.